The van der Waals surface area contributed by atoms with Crippen molar-refractivity contribution >= 4 is 11.8 Å². The van der Waals surface area contributed by atoms with Crippen LogP contribution in [0, 0.1) is 13.8 Å². The summed E-state index contributed by atoms with van der Waals surface area (Å²) in [6.45, 7) is 5.08. The van der Waals surface area contributed by atoms with Gasteiger partial charge in [-0.1, -0.05) is 30.3 Å². The normalized spacial score (nSPS) is 10.7. The van der Waals surface area contributed by atoms with Crippen LogP contribution in [0.15, 0.2) is 47.4 Å². The summed E-state index contributed by atoms with van der Waals surface area (Å²) < 4.78 is 0. The zero-order valence-electron chi connectivity index (χ0n) is 11.6. The number of benzene rings is 2. The van der Waals surface area contributed by atoms with Crippen LogP contribution in [-0.4, -0.2) is 12.3 Å². The van der Waals surface area contributed by atoms with E-state index in [4.69, 9.17) is 5.73 Å². The molecule has 19 heavy (non-hydrogen) atoms. The van der Waals surface area contributed by atoms with Gasteiger partial charge in [0.25, 0.3) is 0 Å². The van der Waals surface area contributed by atoms with E-state index >= 15 is 0 Å². The van der Waals surface area contributed by atoms with Crippen LogP contribution in [-0.2, 0) is 0 Å². The van der Waals surface area contributed by atoms with Gasteiger partial charge in [0.1, 0.15) is 0 Å². The van der Waals surface area contributed by atoms with Crippen LogP contribution in [0.3, 0.4) is 0 Å². The van der Waals surface area contributed by atoms with Gasteiger partial charge in [-0.15, -0.1) is 11.8 Å². The van der Waals surface area contributed by atoms with Crippen molar-refractivity contribution < 1.29 is 0 Å². The smallest absolute Gasteiger partial charge is 0.00723 e. The second-order valence-corrected chi connectivity index (χ2v) is 5.98. The second-order valence-electron chi connectivity index (χ2n) is 4.81. The summed E-state index contributed by atoms with van der Waals surface area (Å²) in [6, 6.07) is 15.4. The zero-order valence-corrected chi connectivity index (χ0v) is 12.5. The highest BCUT2D eigenvalue weighted by Gasteiger charge is 2.00. The van der Waals surface area contributed by atoms with E-state index < -0.39 is 0 Å². The standard InChI is InChI=1S/C17H21NS/c1-13-4-5-16(12-14(13)2)15-6-8-17(9-7-15)19-11-3-10-18/h4-9,12H,3,10-11,18H2,1-2H3. The van der Waals surface area contributed by atoms with E-state index in [1.807, 2.05) is 11.8 Å². The highest BCUT2D eigenvalue weighted by Crippen LogP contribution is 2.25. The van der Waals surface area contributed by atoms with Crippen LogP contribution in [0.4, 0.5) is 0 Å². The fourth-order valence-electron chi connectivity index (χ4n) is 1.94. The average Bonchev–Trinajstić information content (AvgIpc) is 2.43. The molecule has 0 saturated carbocycles. The minimum Gasteiger partial charge on any atom is -0.330 e. The molecule has 2 N–H and O–H groups in total. The Morgan fingerprint density at radius 2 is 1.58 bits per heavy atom. The van der Waals surface area contributed by atoms with E-state index in [0.717, 1.165) is 18.7 Å². The second kappa shape index (κ2) is 6.78. The molecule has 0 unspecified atom stereocenters. The lowest BCUT2D eigenvalue weighted by Crippen LogP contribution is -1.99. The average molecular weight is 271 g/mol. The summed E-state index contributed by atoms with van der Waals surface area (Å²) in [5, 5.41) is 0. The summed E-state index contributed by atoms with van der Waals surface area (Å²) >= 11 is 1.87. The van der Waals surface area contributed by atoms with E-state index in [0.29, 0.717) is 0 Å². The first kappa shape index (κ1) is 14.2. The molecular formula is C17H21NS. The van der Waals surface area contributed by atoms with Gasteiger partial charge in [0.2, 0.25) is 0 Å². The maximum absolute atomic E-state index is 5.51. The third-order valence-electron chi connectivity index (χ3n) is 3.31. The van der Waals surface area contributed by atoms with Gasteiger partial charge in [0.05, 0.1) is 0 Å². The monoisotopic (exact) mass is 271 g/mol. The Kier molecular flexibility index (Phi) is 5.06. The fourth-order valence-corrected chi connectivity index (χ4v) is 2.81. The maximum Gasteiger partial charge on any atom is 0.00723 e. The summed E-state index contributed by atoms with van der Waals surface area (Å²) in [5.41, 5.74) is 10.8. The molecule has 0 fully saturated rings. The summed E-state index contributed by atoms with van der Waals surface area (Å²) in [4.78, 5) is 1.32. The van der Waals surface area contributed by atoms with Crippen LogP contribution >= 0.6 is 11.8 Å². The summed E-state index contributed by atoms with van der Waals surface area (Å²) in [6.07, 6.45) is 1.07. The van der Waals surface area contributed by atoms with Crippen LogP contribution in [0.1, 0.15) is 17.5 Å². The summed E-state index contributed by atoms with van der Waals surface area (Å²) in [5.74, 6) is 1.10. The minimum absolute atomic E-state index is 0.772. The van der Waals surface area contributed by atoms with Crippen molar-refractivity contribution in [2.75, 3.05) is 12.3 Å². The van der Waals surface area contributed by atoms with Crippen molar-refractivity contribution in [3.05, 3.63) is 53.6 Å². The van der Waals surface area contributed by atoms with E-state index in [1.54, 1.807) is 0 Å². The number of hydrogen-bond acceptors (Lipinski definition) is 2. The minimum atomic E-state index is 0.772. The lowest BCUT2D eigenvalue weighted by molar-refractivity contribution is 0.943. The molecule has 2 heteroatoms. The first-order chi connectivity index (χ1) is 9.20. The van der Waals surface area contributed by atoms with Crippen LogP contribution in [0.25, 0.3) is 11.1 Å². The Balaban J connectivity index is 2.11. The molecule has 2 rings (SSSR count). The van der Waals surface area contributed by atoms with Crippen LogP contribution in [0.5, 0.6) is 0 Å². The van der Waals surface area contributed by atoms with E-state index in [9.17, 15) is 0 Å². The Labute approximate surface area is 120 Å². The number of aryl methyl sites for hydroxylation is 2. The zero-order chi connectivity index (χ0) is 13.7. The molecule has 0 aromatic heterocycles. The maximum atomic E-state index is 5.51. The highest BCUT2D eigenvalue weighted by atomic mass is 32.2. The molecule has 0 spiro atoms. The molecule has 2 aromatic rings. The van der Waals surface area contributed by atoms with Gasteiger partial charge in [-0.2, -0.15) is 0 Å². The van der Waals surface area contributed by atoms with Gasteiger partial charge in [0.15, 0.2) is 0 Å². The first-order valence-corrected chi connectivity index (χ1v) is 7.70. The molecule has 0 aliphatic heterocycles. The Hall–Kier alpha value is -1.25. The molecule has 0 saturated heterocycles. The molecule has 0 heterocycles. The fraction of sp³-hybridized carbons (Fsp3) is 0.294. The van der Waals surface area contributed by atoms with Gasteiger partial charge in [-0.05, 0) is 67.0 Å². The van der Waals surface area contributed by atoms with Crippen molar-refractivity contribution in [2.24, 2.45) is 5.73 Å². The molecule has 2 aromatic carbocycles. The van der Waals surface area contributed by atoms with Crippen molar-refractivity contribution in [1.82, 2.24) is 0 Å². The van der Waals surface area contributed by atoms with Gasteiger partial charge in [0, 0.05) is 4.90 Å². The predicted octanol–water partition coefficient (Wildman–Crippen LogP) is 4.41. The molecule has 0 aliphatic rings. The van der Waals surface area contributed by atoms with E-state index in [-0.39, 0.29) is 0 Å². The molecule has 0 bridgehead atoms. The number of rotatable bonds is 5. The molecule has 100 valence electrons. The topological polar surface area (TPSA) is 26.0 Å². The van der Waals surface area contributed by atoms with Crippen molar-refractivity contribution in [3.8, 4) is 11.1 Å². The third-order valence-corrected chi connectivity index (χ3v) is 4.41. The summed E-state index contributed by atoms with van der Waals surface area (Å²) in [7, 11) is 0. The van der Waals surface area contributed by atoms with Crippen LogP contribution in [0.2, 0.25) is 0 Å². The number of nitrogens with two attached hydrogens (primary N) is 1. The van der Waals surface area contributed by atoms with Crippen LogP contribution < -0.4 is 5.73 Å². The Morgan fingerprint density at radius 1 is 0.895 bits per heavy atom. The van der Waals surface area contributed by atoms with Crippen molar-refractivity contribution in [2.45, 2.75) is 25.2 Å². The number of thioether (sulfide) groups is 1. The van der Waals surface area contributed by atoms with Gasteiger partial charge >= 0.3 is 0 Å². The lowest BCUT2D eigenvalue weighted by Gasteiger charge is -2.07. The molecule has 0 amide bonds. The van der Waals surface area contributed by atoms with Crippen molar-refractivity contribution in [3.63, 3.8) is 0 Å². The van der Waals surface area contributed by atoms with Gasteiger partial charge in [-0.3, -0.25) is 0 Å². The quantitative estimate of drug-likeness (QED) is 0.644. The predicted molar refractivity (Wildman–Crippen MR) is 85.7 cm³/mol. The Morgan fingerprint density at radius 3 is 2.21 bits per heavy atom. The van der Waals surface area contributed by atoms with E-state index in [2.05, 4.69) is 56.3 Å². The lowest BCUT2D eigenvalue weighted by atomic mass is 10.0. The van der Waals surface area contributed by atoms with Gasteiger partial charge < -0.3 is 5.73 Å². The molecule has 0 aliphatic carbocycles. The molecule has 0 radical (unpaired) electrons. The van der Waals surface area contributed by atoms with Crippen molar-refractivity contribution in [1.29, 1.82) is 0 Å². The van der Waals surface area contributed by atoms with E-state index in [1.165, 1.54) is 27.1 Å². The highest BCUT2D eigenvalue weighted by molar-refractivity contribution is 7.99. The largest absolute Gasteiger partial charge is 0.330 e. The van der Waals surface area contributed by atoms with Gasteiger partial charge in [-0.25, -0.2) is 0 Å². The Bertz CT molecular complexity index is 531. The SMILES string of the molecule is Cc1ccc(-c2ccc(SCCCN)cc2)cc1C. The molecule has 0 atom stereocenters. The molecular weight excluding hydrogens is 250 g/mol. The number of hydrogen-bond donors (Lipinski definition) is 1. The first-order valence-electron chi connectivity index (χ1n) is 6.71. The molecule has 1 nitrogen and oxygen atoms in total. The third kappa shape index (κ3) is 3.85.